The van der Waals surface area contributed by atoms with Crippen LogP contribution in [-0.4, -0.2) is 21.9 Å². The van der Waals surface area contributed by atoms with E-state index in [4.69, 9.17) is 10.8 Å². The Labute approximate surface area is 99.7 Å². The maximum absolute atomic E-state index is 12.2. The molecule has 0 radical (unpaired) electrons. The van der Waals surface area contributed by atoms with Crippen molar-refractivity contribution in [2.75, 3.05) is 6.67 Å². The van der Waals surface area contributed by atoms with Crippen LogP contribution in [0.3, 0.4) is 0 Å². The summed E-state index contributed by atoms with van der Waals surface area (Å²) < 4.78 is 12.2. The third-order valence-corrected chi connectivity index (χ3v) is 2.32. The van der Waals surface area contributed by atoms with Gasteiger partial charge in [0, 0.05) is 23.4 Å². The first-order valence-electron chi connectivity index (χ1n) is 4.71. The van der Waals surface area contributed by atoms with Crippen molar-refractivity contribution in [3.63, 3.8) is 0 Å². The standard InChI is InChI=1S/C10H15FN2O2.ClH/c1-6-10(15)9(8(12)2-3-11)7(5-14)4-13-6;/h4,8,14-15H,2-3,5,12H2,1H3;1H/t8-;/m0./s1. The van der Waals surface area contributed by atoms with Crippen molar-refractivity contribution in [1.82, 2.24) is 4.98 Å². The van der Waals surface area contributed by atoms with Gasteiger partial charge in [0.1, 0.15) is 5.75 Å². The molecule has 1 aromatic rings. The quantitative estimate of drug-likeness (QED) is 0.754. The first-order valence-corrected chi connectivity index (χ1v) is 4.71. The van der Waals surface area contributed by atoms with E-state index in [9.17, 15) is 9.50 Å². The average Bonchev–Trinajstić information content (AvgIpc) is 2.22. The molecule has 0 bridgehead atoms. The zero-order chi connectivity index (χ0) is 11.4. The Morgan fingerprint density at radius 3 is 2.69 bits per heavy atom. The highest BCUT2D eigenvalue weighted by molar-refractivity contribution is 5.85. The van der Waals surface area contributed by atoms with Crippen LogP contribution in [0.4, 0.5) is 4.39 Å². The fourth-order valence-corrected chi connectivity index (χ4v) is 1.45. The van der Waals surface area contributed by atoms with Gasteiger partial charge in [-0.3, -0.25) is 9.37 Å². The summed E-state index contributed by atoms with van der Waals surface area (Å²) in [4.78, 5) is 3.89. The molecule has 1 heterocycles. The molecule has 1 aromatic heterocycles. The van der Waals surface area contributed by atoms with Gasteiger partial charge in [-0.15, -0.1) is 12.4 Å². The van der Waals surface area contributed by atoms with Gasteiger partial charge in [0.2, 0.25) is 0 Å². The smallest absolute Gasteiger partial charge is 0.141 e. The maximum atomic E-state index is 12.2. The van der Waals surface area contributed by atoms with E-state index in [1.54, 1.807) is 6.92 Å². The van der Waals surface area contributed by atoms with Crippen molar-refractivity contribution in [3.8, 4) is 5.75 Å². The molecule has 0 aliphatic heterocycles. The monoisotopic (exact) mass is 250 g/mol. The van der Waals surface area contributed by atoms with Gasteiger partial charge >= 0.3 is 0 Å². The van der Waals surface area contributed by atoms with E-state index in [-0.39, 0.29) is 31.2 Å². The van der Waals surface area contributed by atoms with Crippen LogP contribution in [0.1, 0.15) is 29.3 Å². The van der Waals surface area contributed by atoms with Gasteiger partial charge in [-0.1, -0.05) is 0 Å². The second-order valence-electron chi connectivity index (χ2n) is 3.37. The minimum absolute atomic E-state index is 0. The fourth-order valence-electron chi connectivity index (χ4n) is 1.45. The third kappa shape index (κ3) is 3.04. The third-order valence-electron chi connectivity index (χ3n) is 2.32. The minimum Gasteiger partial charge on any atom is -0.506 e. The van der Waals surface area contributed by atoms with Crippen LogP contribution < -0.4 is 5.73 Å². The largest absolute Gasteiger partial charge is 0.506 e. The Kier molecular flexibility index (Phi) is 6.25. The molecular formula is C10H16ClFN2O2. The number of alkyl halides is 1. The Balaban J connectivity index is 0.00000225. The molecule has 0 saturated heterocycles. The highest BCUT2D eigenvalue weighted by Gasteiger charge is 2.17. The van der Waals surface area contributed by atoms with Crippen molar-refractivity contribution in [1.29, 1.82) is 0 Å². The molecule has 0 aliphatic carbocycles. The highest BCUT2D eigenvalue weighted by Crippen LogP contribution is 2.30. The van der Waals surface area contributed by atoms with Crippen LogP contribution in [0.15, 0.2) is 6.20 Å². The summed E-state index contributed by atoms with van der Waals surface area (Å²) in [6.07, 6.45) is 1.56. The maximum Gasteiger partial charge on any atom is 0.141 e. The molecule has 0 saturated carbocycles. The molecule has 6 heteroatoms. The first kappa shape index (κ1) is 15.1. The van der Waals surface area contributed by atoms with Crippen LogP contribution in [0.5, 0.6) is 5.75 Å². The predicted octanol–water partition coefficient (Wildman–Crippen LogP) is 1.37. The van der Waals surface area contributed by atoms with Crippen LogP contribution in [0.25, 0.3) is 0 Å². The lowest BCUT2D eigenvalue weighted by atomic mass is 9.99. The molecule has 4 nitrogen and oxygen atoms in total. The van der Waals surface area contributed by atoms with Crippen LogP contribution in [-0.2, 0) is 6.61 Å². The van der Waals surface area contributed by atoms with Crippen molar-refractivity contribution < 1.29 is 14.6 Å². The summed E-state index contributed by atoms with van der Waals surface area (Å²) in [6, 6.07) is -0.612. The number of aliphatic hydroxyl groups excluding tert-OH is 1. The summed E-state index contributed by atoms with van der Waals surface area (Å²) in [7, 11) is 0. The molecule has 1 atom stereocenters. The van der Waals surface area contributed by atoms with Crippen molar-refractivity contribution >= 4 is 12.4 Å². The highest BCUT2D eigenvalue weighted by atomic mass is 35.5. The summed E-state index contributed by atoms with van der Waals surface area (Å²) in [5.74, 6) is -0.0532. The van der Waals surface area contributed by atoms with Gasteiger partial charge in [0.05, 0.1) is 19.0 Å². The van der Waals surface area contributed by atoms with E-state index in [1.165, 1.54) is 6.20 Å². The topological polar surface area (TPSA) is 79.4 Å². The normalized spacial score (nSPS) is 12.0. The fraction of sp³-hybridized carbons (Fsp3) is 0.500. The van der Waals surface area contributed by atoms with Gasteiger partial charge in [-0.25, -0.2) is 0 Å². The lowest BCUT2D eigenvalue weighted by Crippen LogP contribution is -2.14. The second kappa shape index (κ2) is 6.62. The SMILES string of the molecule is Cc1ncc(CO)c([C@@H](N)CCF)c1O.Cl. The molecule has 1 rings (SSSR count). The van der Waals surface area contributed by atoms with Gasteiger partial charge in [0.25, 0.3) is 0 Å². The minimum atomic E-state index is -0.612. The molecule has 0 unspecified atom stereocenters. The van der Waals surface area contributed by atoms with Crippen LogP contribution >= 0.6 is 12.4 Å². The molecule has 0 aromatic carbocycles. The van der Waals surface area contributed by atoms with E-state index in [0.29, 0.717) is 16.8 Å². The van der Waals surface area contributed by atoms with Crippen LogP contribution in [0.2, 0.25) is 0 Å². The van der Waals surface area contributed by atoms with Crippen molar-refractivity contribution in [3.05, 3.63) is 23.0 Å². The number of halogens is 2. The summed E-state index contributed by atoms with van der Waals surface area (Å²) >= 11 is 0. The number of aromatic hydroxyl groups is 1. The molecule has 92 valence electrons. The number of aromatic nitrogens is 1. The second-order valence-corrected chi connectivity index (χ2v) is 3.37. The number of rotatable bonds is 4. The summed E-state index contributed by atoms with van der Waals surface area (Å²) in [6.45, 7) is 0.797. The number of hydrogen-bond acceptors (Lipinski definition) is 4. The van der Waals surface area contributed by atoms with Crippen LogP contribution in [0, 0.1) is 6.92 Å². The van der Waals surface area contributed by atoms with E-state index in [2.05, 4.69) is 4.98 Å². The molecule has 0 amide bonds. The molecule has 4 N–H and O–H groups in total. The van der Waals surface area contributed by atoms with Gasteiger partial charge in [-0.05, 0) is 13.3 Å². The summed E-state index contributed by atoms with van der Waals surface area (Å²) in [5, 5.41) is 18.8. The van der Waals surface area contributed by atoms with Gasteiger partial charge in [0.15, 0.2) is 0 Å². The predicted molar refractivity (Wildman–Crippen MR) is 61.3 cm³/mol. The number of nitrogens with two attached hydrogens (primary N) is 1. The Morgan fingerprint density at radius 1 is 1.56 bits per heavy atom. The lowest BCUT2D eigenvalue weighted by molar-refractivity contribution is 0.277. The zero-order valence-corrected chi connectivity index (χ0v) is 9.80. The van der Waals surface area contributed by atoms with E-state index < -0.39 is 12.7 Å². The van der Waals surface area contributed by atoms with Gasteiger partial charge < -0.3 is 15.9 Å². The number of aliphatic hydroxyl groups is 1. The van der Waals surface area contributed by atoms with E-state index in [1.807, 2.05) is 0 Å². The zero-order valence-electron chi connectivity index (χ0n) is 8.98. The number of hydrogen-bond donors (Lipinski definition) is 3. The van der Waals surface area contributed by atoms with E-state index >= 15 is 0 Å². The Bertz CT molecular complexity index is 350. The average molecular weight is 251 g/mol. The number of nitrogens with zero attached hydrogens (tertiary/aromatic N) is 1. The lowest BCUT2D eigenvalue weighted by Gasteiger charge is -2.16. The number of pyridine rings is 1. The van der Waals surface area contributed by atoms with Crippen molar-refractivity contribution in [2.24, 2.45) is 5.73 Å². The van der Waals surface area contributed by atoms with Crippen molar-refractivity contribution in [2.45, 2.75) is 26.0 Å². The molecule has 0 fully saturated rings. The Morgan fingerprint density at radius 2 is 2.19 bits per heavy atom. The molecular weight excluding hydrogens is 235 g/mol. The first-order chi connectivity index (χ1) is 7.11. The molecule has 0 spiro atoms. The summed E-state index contributed by atoms with van der Waals surface area (Å²) in [5.41, 5.74) is 6.97. The van der Waals surface area contributed by atoms with Gasteiger partial charge in [-0.2, -0.15) is 0 Å². The molecule has 0 aliphatic rings. The molecule has 16 heavy (non-hydrogen) atoms. The number of aryl methyl sites for hydroxylation is 1. The van der Waals surface area contributed by atoms with E-state index in [0.717, 1.165) is 0 Å². The Hall–Kier alpha value is -0.910.